The van der Waals surface area contributed by atoms with Gasteiger partial charge in [-0.3, -0.25) is 9.59 Å². The number of nitrogens with zero attached hydrogens (tertiary/aromatic N) is 1. The molecule has 1 N–H and O–H groups in total. The van der Waals surface area contributed by atoms with Gasteiger partial charge in [0.15, 0.2) is 0 Å². The van der Waals surface area contributed by atoms with Crippen LogP contribution in [0.25, 0.3) is 0 Å². The molecule has 30 heavy (non-hydrogen) atoms. The van der Waals surface area contributed by atoms with Crippen molar-refractivity contribution in [2.24, 2.45) is 5.92 Å². The summed E-state index contributed by atoms with van der Waals surface area (Å²) in [6, 6.07) is 10.2. The summed E-state index contributed by atoms with van der Waals surface area (Å²) in [6.07, 6.45) is 0.470. The molecule has 0 aliphatic heterocycles. The van der Waals surface area contributed by atoms with Gasteiger partial charge in [0.2, 0.25) is 11.8 Å². The van der Waals surface area contributed by atoms with E-state index in [2.05, 4.69) is 5.32 Å². The van der Waals surface area contributed by atoms with Crippen LogP contribution in [0, 0.1) is 11.7 Å². The van der Waals surface area contributed by atoms with Crippen LogP contribution in [0.15, 0.2) is 42.5 Å². The van der Waals surface area contributed by atoms with Crippen molar-refractivity contribution in [1.29, 1.82) is 0 Å². The van der Waals surface area contributed by atoms with Crippen LogP contribution in [-0.4, -0.2) is 29.3 Å². The van der Waals surface area contributed by atoms with Crippen LogP contribution >= 0.6 is 23.2 Å². The fourth-order valence-corrected chi connectivity index (χ4v) is 3.59. The molecule has 0 spiro atoms. The first-order valence-electron chi connectivity index (χ1n) is 9.97. The molecular formula is C23H27Cl2FN2O2. The molecule has 1 atom stereocenters. The maximum atomic E-state index is 13.2. The minimum absolute atomic E-state index is 0.0380. The second kappa shape index (κ2) is 11.3. The maximum absolute atomic E-state index is 13.2. The molecule has 4 nitrogen and oxygen atoms in total. The highest BCUT2D eigenvalue weighted by Crippen LogP contribution is 2.27. The van der Waals surface area contributed by atoms with E-state index in [0.717, 1.165) is 0 Å². The van der Waals surface area contributed by atoms with Gasteiger partial charge in [-0.05, 0) is 42.2 Å². The van der Waals surface area contributed by atoms with E-state index in [4.69, 9.17) is 23.2 Å². The minimum atomic E-state index is -0.677. The van der Waals surface area contributed by atoms with Crippen LogP contribution in [0.3, 0.4) is 0 Å². The maximum Gasteiger partial charge on any atom is 0.242 e. The first-order chi connectivity index (χ1) is 14.2. The summed E-state index contributed by atoms with van der Waals surface area (Å²) in [4.78, 5) is 27.6. The molecule has 0 radical (unpaired) electrons. The van der Waals surface area contributed by atoms with E-state index in [1.165, 1.54) is 17.0 Å². The third-order valence-corrected chi connectivity index (χ3v) is 5.44. The molecule has 0 fully saturated rings. The van der Waals surface area contributed by atoms with Gasteiger partial charge >= 0.3 is 0 Å². The van der Waals surface area contributed by atoms with E-state index in [1.807, 2.05) is 20.8 Å². The number of amides is 2. The van der Waals surface area contributed by atoms with Crippen molar-refractivity contribution < 1.29 is 14.0 Å². The highest BCUT2D eigenvalue weighted by molar-refractivity contribution is 6.36. The number of halogens is 3. The molecule has 0 heterocycles. The van der Waals surface area contributed by atoms with E-state index in [-0.39, 0.29) is 36.5 Å². The van der Waals surface area contributed by atoms with Gasteiger partial charge < -0.3 is 10.2 Å². The van der Waals surface area contributed by atoms with Crippen molar-refractivity contribution in [3.8, 4) is 0 Å². The number of hydrogen-bond acceptors (Lipinski definition) is 2. The zero-order chi connectivity index (χ0) is 22.3. The molecule has 0 aliphatic rings. The lowest BCUT2D eigenvalue weighted by atomic mass is 10.1. The Morgan fingerprint density at radius 1 is 1.07 bits per heavy atom. The van der Waals surface area contributed by atoms with E-state index in [1.54, 1.807) is 30.3 Å². The van der Waals surface area contributed by atoms with Crippen molar-refractivity contribution >= 4 is 35.0 Å². The molecule has 0 bridgehead atoms. The van der Waals surface area contributed by atoms with Crippen molar-refractivity contribution in [2.45, 2.75) is 46.2 Å². The van der Waals surface area contributed by atoms with Crippen LogP contribution in [0.1, 0.15) is 38.3 Å². The Labute approximate surface area is 187 Å². The van der Waals surface area contributed by atoms with E-state index in [0.29, 0.717) is 34.1 Å². The number of rotatable bonds is 9. The van der Waals surface area contributed by atoms with Crippen LogP contribution in [-0.2, 0) is 22.6 Å². The summed E-state index contributed by atoms with van der Waals surface area (Å²) >= 11 is 12.6. The lowest BCUT2D eigenvalue weighted by Gasteiger charge is -2.31. The largest absolute Gasteiger partial charge is 0.354 e. The highest BCUT2D eigenvalue weighted by Gasteiger charge is 2.29. The molecule has 2 aromatic rings. The van der Waals surface area contributed by atoms with Gasteiger partial charge in [0.05, 0.1) is 6.42 Å². The molecule has 1 unspecified atom stereocenters. The molecule has 0 aromatic heterocycles. The summed E-state index contributed by atoms with van der Waals surface area (Å²) in [5.74, 6) is -0.566. The average molecular weight is 453 g/mol. The highest BCUT2D eigenvalue weighted by atomic mass is 35.5. The summed E-state index contributed by atoms with van der Waals surface area (Å²) in [5, 5.41) is 3.77. The van der Waals surface area contributed by atoms with E-state index < -0.39 is 6.04 Å². The zero-order valence-corrected chi connectivity index (χ0v) is 18.9. The SMILES string of the molecule is CCC(C(=O)NCC(C)C)N(Cc1c(Cl)cccc1Cl)C(=O)Cc1ccc(F)cc1. The summed E-state index contributed by atoms with van der Waals surface area (Å²) in [5.41, 5.74) is 1.25. The predicted octanol–water partition coefficient (Wildman–Crippen LogP) is 5.25. The quantitative estimate of drug-likeness (QED) is 0.564. The molecule has 0 aliphatic carbocycles. The Morgan fingerprint density at radius 2 is 1.67 bits per heavy atom. The summed E-state index contributed by atoms with van der Waals surface area (Å²) in [6.45, 7) is 6.48. The van der Waals surface area contributed by atoms with Crippen molar-refractivity contribution in [1.82, 2.24) is 10.2 Å². The molecule has 2 rings (SSSR count). The second-order valence-corrected chi connectivity index (χ2v) is 8.40. The second-order valence-electron chi connectivity index (χ2n) is 7.59. The zero-order valence-electron chi connectivity index (χ0n) is 17.4. The smallest absolute Gasteiger partial charge is 0.242 e. The van der Waals surface area contributed by atoms with Gasteiger partial charge in [-0.15, -0.1) is 0 Å². The van der Waals surface area contributed by atoms with Crippen LogP contribution < -0.4 is 5.32 Å². The van der Waals surface area contributed by atoms with E-state index >= 15 is 0 Å². The Morgan fingerprint density at radius 3 is 2.20 bits per heavy atom. The van der Waals surface area contributed by atoms with Gasteiger partial charge in [-0.25, -0.2) is 4.39 Å². The first-order valence-corrected chi connectivity index (χ1v) is 10.7. The average Bonchev–Trinajstić information content (AvgIpc) is 2.70. The lowest BCUT2D eigenvalue weighted by Crippen LogP contribution is -2.50. The topological polar surface area (TPSA) is 49.4 Å². The fourth-order valence-electron chi connectivity index (χ4n) is 3.07. The number of hydrogen-bond donors (Lipinski definition) is 1. The molecule has 0 saturated carbocycles. The van der Waals surface area contributed by atoms with E-state index in [9.17, 15) is 14.0 Å². The van der Waals surface area contributed by atoms with Crippen molar-refractivity contribution in [2.75, 3.05) is 6.54 Å². The van der Waals surface area contributed by atoms with Crippen LogP contribution in [0.5, 0.6) is 0 Å². The number of carbonyl (C=O) groups excluding carboxylic acids is 2. The summed E-state index contributed by atoms with van der Waals surface area (Å²) < 4.78 is 13.2. The molecule has 2 aromatic carbocycles. The minimum Gasteiger partial charge on any atom is -0.354 e. The Kier molecular flexibility index (Phi) is 9.12. The first kappa shape index (κ1) is 24.2. The standard InChI is InChI=1S/C23H27Cl2FN2O2/c1-4-21(23(30)27-13-15(2)3)28(14-18-19(24)6-5-7-20(18)25)22(29)12-16-8-10-17(26)11-9-16/h5-11,15,21H,4,12-14H2,1-3H3,(H,27,30). The van der Waals surface area contributed by atoms with Crippen molar-refractivity contribution in [3.05, 3.63) is 69.5 Å². The molecular weight excluding hydrogens is 426 g/mol. The molecule has 2 amide bonds. The Balaban J connectivity index is 2.33. The van der Waals surface area contributed by atoms with Gasteiger partial charge in [0, 0.05) is 28.7 Å². The lowest BCUT2D eigenvalue weighted by molar-refractivity contribution is -0.141. The predicted molar refractivity (Wildman–Crippen MR) is 119 cm³/mol. The van der Waals surface area contributed by atoms with Gasteiger partial charge in [-0.1, -0.05) is 62.2 Å². The molecule has 0 saturated heterocycles. The molecule has 7 heteroatoms. The summed E-state index contributed by atoms with van der Waals surface area (Å²) in [7, 11) is 0. The van der Waals surface area contributed by atoms with Crippen LogP contribution in [0.2, 0.25) is 10.0 Å². The Bertz CT molecular complexity index is 852. The monoisotopic (exact) mass is 452 g/mol. The fraction of sp³-hybridized carbons (Fsp3) is 0.391. The van der Waals surface area contributed by atoms with Gasteiger partial charge in [0.1, 0.15) is 11.9 Å². The number of carbonyl (C=O) groups is 2. The third kappa shape index (κ3) is 6.71. The third-order valence-electron chi connectivity index (χ3n) is 4.73. The normalized spacial score (nSPS) is 12.0. The van der Waals surface area contributed by atoms with Gasteiger partial charge in [0.25, 0.3) is 0 Å². The molecule has 162 valence electrons. The van der Waals surface area contributed by atoms with Gasteiger partial charge in [-0.2, -0.15) is 0 Å². The van der Waals surface area contributed by atoms with Crippen molar-refractivity contribution in [3.63, 3.8) is 0 Å². The number of benzene rings is 2. The number of nitrogens with one attached hydrogen (secondary N) is 1. The Hall–Kier alpha value is -2.11. The van der Waals surface area contributed by atoms with Crippen LogP contribution in [0.4, 0.5) is 4.39 Å².